The van der Waals surface area contributed by atoms with Crippen molar-refractivity contribution in [3.8, 4) is 0 Å². The minimum absolute atomic E-state index is 0.0538. The number of carbonyl (C=O) groups is 1. The second-order valence-corrected chi connectivity index (χ2v) is 5.20. The highest BCUT2D eigenvalue weighted by Crippen LogP contribution is 2.21. The number of imidazole rings is 1. The zero-order chi connectivity index (χ0) is 16.6. The van der Waals surface area contributed by atoms with Gasteiger partial charge < -0.3 is 9.88 Å². The summed E-state index contributed by atoms with van der Waals surface area (Å²) in [5.74, 6) is -2.53. The lowest BCUT2D eigenvalue weighted by Gasteiger charge is -2.07. The van der Waals surface area contributed by atoms with Crippen LogP contribution in [0.25, 0.3) is 11.2 Å². The van der Waals surface area contributed by atoms with Gasteiger partial charge in [0.05, 0.1) is 6.33 Å². The molecule has 0 bridgehead atoms. The van der Waals surface area contributed by atoms with Gasteiger partial charge >= 0.3 is 0 Å². The number of fused-ring (bicyclic) bond motifs is 1. The van der Waals surface area contributed by atoms with Gasteiger partial charge in [-0.15, -0.1) is 0 Å². The Kier molecular flexibility index (Phi) is 4.10. The minimum Gasteiger partial charge on any atom is -0.324 e. The smallest absolute Gasteiger partial charge is 0.244 e. The maximum absolute atomic E-state index is 13.1. The molecule has 3 rings (SSSR count). The van der Waals surface area contributed by atoms with Crippen molar-refractivity contribution in [1.29, 1.82) is 0 Å². The Morgan fingerprint density at radius 2 is 2.00 bits per heavy atom. The third-order valence-electron chi connectivity index (χ3n) is 2.92. The molecule has 1 amide bonds. The van der Waals surface area contributed by atoms with Crippen LogP contribution in [0.3, 0.4) is 0 Å². The van der Waals surface area contributed by atoms with Gasteiger partial charge in [0.25, 0.3) is 0 Å². The molecule has 0 unspecified atom stereocenters. The number of amides is 1. The molecular weight excluding hydrogens is 351 g/mol. The number of benzene rings is 1. The molecule has 0 spiro atoms. The van der Waals surface area contributed by atoms with Crippen molar-refractivity contribution in [3.63, 3.8) is 0 Å². The van der Waals surface area contributed by atoms with Crippen molar-refractivity contribution < 1.29 is 13.6 Å². The highest BCUT2D eigenvalue weighted by molar-refractivity contribution is 6.35. The normalized spacial score (nSPS) is 11.0. The molecule has 0 saturated carbocycles. The summed E-state index contributed by atoms with van der Waals surface area (Å²) in [5.41, 5.74) is 0.718. The van der Waals surface area contributed by atoms with E-state index in [-0.39, 0.29) is 28.3 Å². The first-order valence-corrected chi connectivity index (χ1v) is 6.98. The van der Waals surface area contributed by atoms with E-state index in [1.807, 2.05) is 0 Å². The Morgan fingerprint density at radius 1 is 1.22 bits per heavy atom. The zero-order valence-electron chi connectivity index (χ0n) is 11.2. The summed E-state index contributed by atoms with van der Waals surface area (Å²) < 4.78 is 27.4. The SMILES string of the molecule is O=C(Cn1cnc2nc(Cl)nc(Cl)c21)Nc1ccc(F)c(F)c1. The highest BCUT2D eigenvalue weighted by Gasteiger charge is 2.14. The molecule has 1 aromatic carbocycles. The largest absolute Gasteiger partial charge is 0.324 e. The first kappa shape index (κ1) is 15.6. The number of hydrogen-bond donors (Lipinski definition) is 1. The van der Waals surface area contributed by atoms with Crippen LogP contribution in [0.4, 0.5) is 14.5 Å². The van der Waals surface area contributed by atoms with Crippen LogP contribution >= 0.6 is 23.2 Å². The number of hydrogen-bond acceptors (Lipinski definition) is 4. The Hall–Kier alpha value is -2.32. The molecule has 0 saturated heterocycles. The van der Waals surface area contributed by atoms with Crippen molar-refractivity contribution in [2.75, 3.05) is 5.32 Å². The van der Waals surface area contributed by atoms with Crippen molar-refractivity contribution >= 4 is 46.0 Å². The topological polar surface area (TPSA) is 72.7 Å². The van der Waals surface area contributed by atoms with Crippen LogP contribution in [0.5, 0.6) is 0 Å². The van der Waals surface area contributed by atoms with E-state index in [0.717, 1.165) is 12.1 Å². The Balaban J connectivity index is 1.81. The fourth-order valence-electron chi connectivity index (χ4n) is 1.96. The van der Waals surface area contributed by atoms with Gasteiger partial charge in [-0.1, -0.05) is 11.6 Å². The lowest BCUT2D eigenvalue weighted by atomic mass is 10.3. The summed E-state index contributed by atoms with van der Waals surface area (Å²) in [4.78, 5) is 23.7. The average molecular weight is 358 g/mol. The molecule has 6 nitrogen and oxygen atoms in total. The molecule has 0 fully saturated rings. The van der Waals surface area contributed by atoms with Crippen molar-refractivity contribution in [1.82, 2.24) is 19.5 Å². The predicted octanol–water partition coefficient (Wildman–Crippen LogP) is 3.05. The minimum atomic E-state index is -1.05. The number of halogens is 4. The standard InChI is InChI=1S/C13H7Cl2F2N5O/c14-11-10-12(21-13(15)20-11)18-5-22(10)4-9(23)19-6-1-2-7(16)8(17)3-6/h1-3,5H,4H2,(H,19,23). The summed E-state index contributed by atoms with van der Waals surface area (Å²) in [6.07, 6.45) is 1.35. The molecule has 118 valence electrons. The molecule has 2 heterocycles. The molecule has 0 aliphatic rings. The zero-order valence-corrected chi connectivity index (χ0v) is 12.7. The first-order chi connectivity index (χ1) is 10.9. The molecule has 0 aliphatic carbocycles. The summed E-state index contributed by atoms with van der Waals surface area (Å²) >= 11 is 11.6. The molecule has 1 N–H and O–H groups in total. The van der Waals surface area contributed by atoms with Crippen molar-refractivity contribution in [3.05, 3.63) is 46.6 Å². The summed E-state index contributed by atoms with van der Waals surface area (Å²) in [6.45, 7) is -0.166. The molecule has 10 heteroatoms. The third-order valence-corrected chi connectivity index (χ3v) is 3.35. The van der Waals surface area contributed by atoms with E-state index in [0.29, 0.717) is 5.52 Å². The van der Waals surface area contributed by atoms with E-state index in [9.17, 15) is 13.6 Å². The molecule has 0 radical (unpaired) electrons. The third kappa shape index (κ3) is 3.22. The van der Waals surface area contributed by atoms with Gasteiger partial charge in [0.1, 0.15) is 12.1 Å². The van der Waals surface area contributed by atoms with Gasteiger partial charge in [0.15, 0.2) is 22.4 Å². The monoisotopic (exact) mass is 357 g/mol. The summed E-state index contributed by atoms with van der Waals surface area (Å²) in [7, 11) is 0. The molecule has 3 aromatic rings. The van der Waals surface area contributed by atoms with Crippen molar-refractivity contribution in [2.24, 2.45) is 0 Å². The van der Waals surface area contributed by atoms with Crippen LogP contribution in [-0.4, -0.2) is 25.4 Å². The fourth-order valence-corrected chi connectivity index (χ4v) is 2.44. The van der Waals surface area contributed by atoms with E-state index in [1.165, 1.54) is 17.0 Å². The molecule has 23 heavy (non-hydrogen) atoms. The van der Waals surface area contributed by atoms with E-state index >= 15 is 0 Å². The average Bonchev–Trinajstić information content (AvgIpc) is 2.85. The van der Waals surface area contributed by atoms with E-state index in [1.54, 1.807) is 0 Å². The maximum atomic E-state index is 13.1. The Labute approximate surface area is 138 Å². The Morgan fingerprint density at radius 3 is 2.74 bits per heavy atom. The van der Waals surface area contributed by atoms with Crippen LogP contribution < -0.4 is 5.32 Å². The molecule has 0 atom stereocenters. The number of nitrogens with one attached hydrogen (secondary N) is 1. The summed E-state index contributed by atoms with van der Waals surface area (Å²) in [6, 6.07) is 3.05. The van der Waals surface area contributed by atoms with Gasteiger partial charge in [-0.3, -0.25) is 4.79 Å². The highest BCUT2D eigenvalue weighted by atomic mass is 35.5. The Bertz CT molecular complexity index is 915. The van der Waals surface area contributed by atoms with Gasteiger partial charge in [0, 0.05) is 11.8 Å². The second kappa shape index (κ2) is 6.05. The lowest BCUT2D eigenvalue weighted by Crippen LogP contribution is -2.18. The number of rotatable bonds is 3. The van der Waals surface area contributed by atoms with Crippen LogP contribution in [-0.2, 0) is 11.3 Å². The van der Waals surface area contributed by atoms with Gasteiger partial charge in [-0.2, -0.15) is 4.98 Å². The van der Waals surface area contributed by atoms with Crippen molar-refractivity contribution in [2.45, 2.75) is 6.54 Å². The molecular formula is C13H7Cl2F2N5O. The fraction of sp³-hybridized carbons (Fsp3) is 0.0769. The molecule has 0 aliphatic heterocycles. The van der Waals surface area contributed by atoms with Gasteiger partial charge in [-0.05, 0) is 23.7 Å². The van der Waals surface area contributed by atoms with Crippen LogP contribution in [0, 0.1) is 11.6 Å². The van der Waals surface area contributed by atoms with Gasteiger partial charge in [-0.25, -0.2) is 18.7 Å². The quantitative estimate of drug-likeness (QED) is 0.577. The van der Waals surface area contributed by atoms with E-state index < -0.39 is 17.5 Å². The summed E-state index contributed by atoms with van der Waals surface area (Å²) in [5, 5.41) is 2.44. The van der Waals surface area contributed by atoms with Crippen LogP contribution in [0.15, 0.2) is 24.5 Å². The predicted molar refractivity (Wildman–Crippen MR) is 80.3 cm³/mol. The van der Waals surface area contributed by atoms with Gasteiger partial charge in [0.2, 0.25) is 11.2 Å². The van der Waals surface area contributed by atoms with E-state index in [2.05, 4.69) is 20.3 Å². The first-order valence-electron chi connectivity index (χ1n) is 6.23. The van der Waals surface area contributed by atoms with E-state index in [4.69, 9.17) is 23.2 Å². The lowest BCUT2D eigenvalue weighted by molar-refractivity contribution is -0.116. The number of aromatic nitrogens is 4. The maximum Gasteiger partial charge on any atom is 0.244 e. The van der Waals surface area contributed by atoms with Crippen LogP contribution in [0.2, 0.25) is 10.4 Å². The number of carbonyl (C=O) groups excluding carboxylic acids is 1. The molecule has 2 aromatic heterocycles. The number of nitrogens with zero attached hydrogens (tertiary/aromatic N) is 4. The van der Waals surface area contributed by atoms with Crippen LogP contribution in [0.1, 0.15) is 0 Å². The number of anilines is 1. The second-order valence-electron chi connectivity index (χ2n) is 4.51.